The molecule has 0 aliphatic heterocycles. The van der Waals surface area contributed by atoms with Gasteiger partial charge in [-0.1, -0.05) is 13.8 Å². The lowest BCUT2D eigenvalue weighted by atomic mass is 10.1. The predicted molar refractivity (Wildman–Crippen MR) is 77.8 cm³/mol. The van der Waals surface area contributed by atoms with Crippen molar-refractivity contribution in [1.82, 2.24) is 20.1 Å². The van der Waals surface area contributed by atoms with Crippen molar-refractivity contribution in [2.24, 2.45) is 5.92 Å². The van der Waals surface area contributed by atoms with Gasteiger partial charge in [-0.2, -0.15) is 5.10 Å². The van der Waals surface area contributed by atoms with Crippen LogP contribution in [0.2, 0.25) is 0 Å². The number of anilines is 1. The number of amides is 2. The number of hydrogen-bond acceptors (Lipinski definition) is 3. The smallest absolute Gasteiger partial charge is 0.319 e. The van der Waals surface area contributed by atoms with Gasteiger partial charge in [0.05, 0.1) is 11.9 Å². The second kappa shape index (κ2) is 6.18. The molecule has 20 heavy (non-hydrogen) atoms. The summed E-state index contributed by atoms with van der Waals surface area (Å²) in [6.07, 6.45) is 5.11. The molecule has 2 amide bonds. The molecule has 0 spiro atoms. The third kappa shape index (κ3) is 3.57. The number of nitrogens with zero attached hydrogens (tertiary/aromatic N) is 3. The zero-order chi connectivity index (χ0) is 14.5. The van der Waals surface area contributed by atoms with Crippen LogP contribution in [-0.4, -0.2) is 26.8 Å². The van der Waals surface area contributed by atoms with Gasteiger partial charge in [-0.25, -0.2) is 14.5 Å². The van der Waals surface area contributed by atoms with Gasteiger partial charge < -0.3 is 10.6 Å². The summed E-state index contributed by atoms with van der Waals surface area (Å²) in [7, 11) is 0. The zero-order valence-corrected chi connectivity index (χ0v) is 11.9. The van der Waals surface area contributed by atoms with Gasteiger partial charge in [-0.05, 0) is 31.0 Å². The van der Waals surface area contributed by atoms with E-state index in [0.717, 1.165) is 0 Å². The molecule has 2 aromatic rings. The van der Waals surface area contributed by atoms with Gasteiger partial charge in [0.15, 0.2) is 5.82 Å². The summed E-state index contributed by atoms with van der Waals surface area (Å²) in [6, 6.07) is 5.32. The van der Waals surface area contributed by atoms with E-state index in [1.54, 1.807) is 29.2 Å². The van der Waals surface area contributed by atoms with E-state index in [-0.39, 0.29) is 12.1 Å². The molecule has 0 unspecified atom stereocenters. The summed E-state index contributed by atoms with van der Waals surface area (Å²) >= 11 is 0. The van der Waals surface area contributed by atoms with Crippen molar-refractivity contribution >= 4 is 11.7 Å². The Morgan fingerprint density at radius 1 is 1.30 bits per heavy atom. The first-order chi connectivity index (χ1) is 9.56. The van der Waals surface area contributed by atoms with Crippen LogP contribution < -0.4 is 10.6 Å². The normalized spacial score (nSPS) is 12.2. The number of urea groups is 1. The molecule has 2 heterocycles. The minimum absolute atomic E-state index is 0.117. The molecule has 1 atom stereocenters. The lowest BCUT2D eigenvalue weighted by Crippen LogP contribution is -2.39. The first kappa shape index (κ1) is 14.0. The monoisotopic (exact) mass is 273 g/mol. The Balaban J connectivity index is 1.95. The second-order valence-corrected chi connectivity index (χ2v) is 4.99. The highest BCUT2D eigenvalue weighted by atomic mass is 16.2. The molecule has 6 nitrogen and oxygen atoms in total. The minimum atomic E-state index is -0.222. The van der Waals surface area contributed by atoms with E-state index in [4.69, 9.17) is 0 Å². The van der Waals surface area contributed by atoms with Crippen LogP contribution in [0.15, 0.2) is 36.8 Å². The molecule has 0 radical (unpaired) electrons. The molecule has 0 bridgehead atoms. The standard InChI is InChI=1S/C14H19N5O/c1-10(2)11(3)17-14(20)18-12-5-6-13(15-9-12)19-8-4-7-16-19/h4-11H,1-3H3,(H2,17,18,20)/t11-/m1/s1. The fraction of sp³-hybridized carbons (Fsp3) is 0.357. The quantitative estimate of drug-likeness (QED) is 0.898. The Kier molecular flexibility index (Phi) is 4.34. The third-order valence-corrected chi connectivity index (χ3v) is 3.10. The molecular weight excluding hydrogens is 254 g/mol. The zero-order valence-electron chi connectivity index (χ0n) is 11.9. The fourth-order valence-corrected chi connectivity index (χ4v) is 1.54. The van der Waals surface area contributed by atoms with Gasteiger partial charge in [-0.15, -0.1) is 0 Å². The van der Waals surface area contributed by atoms with Gasteiger partial charge in [0.1, 0.15) is 0 Å². The van der Waals surface area contributed by atoms with Crippen LogP contribution in [0.3, 0.4) is 0 Å². The molecule has 0 saturated carbocycles. The van der Waals surface area contributed by atoms with Crippen LogP contribution >= 0.6 is 0 Å². The first-order valence-corrected chi connectivity index (χ1v) is 6.60. The Labute approximate surface area is 118 Å². The molecule has 2 aromatic heterocycles. The summed E-state index contributed by atoms with van der Waals surface area (Å²) in [6.45, 7) is 6.10. The van der Waals surface area contributed by atoms with Crippen molar-refractivity contribution in [1.29, 1.82) is 0 Å². The van der Waals surface area contributed by atoms with E-state index >= 15 is 0 Å². The average Bonchev–Trinajstić information content (AvgIpc) is 2.93. The largest absolute Gasteiger partial charge is 0.335 e. The van der Waals surface area contributed by atoms with E-state index in [1.165, 1.54) is 0 Å². The van der Waals surface area contributed by atoms with Crippen molar-refractivity contribution in [2.75, 3.05) is 5.32 Å². The van der Waals surface area contributed by atoms with Crippen molar-refractivity contribution < 1.29 is 4.79 Å². The molecule has 2 N–H and O–H groups in total. The molecule has 0 aromatic carbocycles. The Morgan fingerprint density at radius 2 is 2.10 bits per heavy atom. The van der Waals surface area contributed by atoms with Gasteiger partial charge in [0.25, 0.3) is 0 Å². The van der Waals surface area contributed by atoms with Crippen LogP contribution in [0.4, 0.5) is 10.5 Å². The molecule has 0 aliphatic rings. The minimum Gasteiger partial charge on any atom is -0.335 e. The highest BCUT2D eigenvalue weighted by Crippen LogP contribution is 2.09. The number of pyridine rings is 1. The van der Waals surface area contributed by atoms with Crippen LogP contribution in [-0.2, 0) is 0 Å². The summed E-state index contributed by atoms with van der Waals surface area (Å²) in [4.78, 5) is 16.0. The van der Waals surface area contributed by atoms with E-state index in [9.17, 15) is 4.79 Å². The number of carbonyl (C=O) groups excluding carboxylic acids is 1. The molecule has 0 aliphatic carbocycles. The number of carbonyl (C=O) groups is 1. The lowest BCUT2D eigenvalue weighted by molar-refractivity contribution is 0.246. The SMILES string of the molecule is CC(C)[C@@H](C)NC(=O)Nc1ccc(-n2cccn2)nc1. The van der Waals surface area contributed by atoms with E-state index in [2.05, 4.69) is 34.6 Å². The van der Waals surface area contributed by atoms with E-state index in [0.29, 0.717) is 17.4 Å². The van der Waals surface area contributed by atoms with Crippen molar-refractivity contribution in [2.45, 2.75) is 26.8 Å². The van der Waals surface area contributed by atoms with Crippen LogP contribution in [0.1, 0.15) is 20.8 Å². The molecule has 6 heteroatoms. The van der Waals surface area contributed by atoms with Crippen LogP contribution in [0.5, 0.6) is 0 Å². The maximum atomic E-state index is 11.8. The average molecular weight is 273 g/mol. The number of rotatable bonds is 4. The van der Waals surface area contributed by atoms with Crippen molar-refractivity contribution in [3.05, 3.63) is 36.8 Å². The van der Waals surface area contributed by atoms with E-state index in [1.807, 2.05) is 19.2 Å². The Bertz CT molecular complexity index is 547. The summed E-state index contributed by atoms with van der Waals surface area (Å²) < 4.78 is 1.66. The summed E-state index contributed by atoms with van der Waals surface area (Å²) in [5.74, 6) is 1.09. The summed E-state index contributed by atoms with van der Waals surface area (Å²) in [5.41, 5.74) is 0.648. The number of aromatic nitrogens is 3. The lowest BCUT2D eigenvalue weighted by Gasteiger charge is -2.17. The molecule has 0 fully saturated rings. The topological polar surface area (TPSA) is 71.8 Å². The fourth-order valence-electron chi connectivity index (χ4n) is 1.54. The van der Waals surface area contributed by atoms with Crippen LogP contribution in [0.25, 0.3) is 5.82 Å². The van der Waals surface area contributed by atoms with Crippen molar-refractivity contribution in [3.8, 4) is 5.82 Å². The highest BCUT2D eigenvalue weighted by Gasteiger charge is 2.10. The Morgan fingerprint density at radius 3 is 2.65 bits per heavy atom. The number of nitrogens with one attached hydrogen (secondary N) is 2. The van der Waals surface area contributed by atoms with Crippen LogP contribution in [0, 0.1) is 5.92 Å². The maximum absolute atomic E-state index is 11.8. The first-order valence-electron chi connectivity index (χ1n) is 6.60. The molecule has 2 rings (SSSR count). The van der Waals surface area contributed by atoms with E-state index < -0.39 is 0 Å². The maximum Gasteiger partial charge on any atom is 0.319 e. The second-order valence-electron chi connectivity index (χ2n) is 4.99. The molecular formula is C14H19N5O. The predicted octanol–water partition coefficient (Wildman–Crippen LogP) is 2.43. The van der Waals surface area contributed by atoms with Gasteiger partial charge in [-0.3, -0.25) is 0 Å². The Hall–Kier alpha value is -2.37. The third-order valence-electron chi connectivity index (χ3n) is 3.10. The molecule has 0 saturated heterocycles. The van der Waals surface area contributed by atoms with Gasteiger partial charge in [0, 0.05) is 18.4 Å². The van der Waals surface area contributed by atoms with Gasteiger partial charge >= 0.3 is 6.03 Å². The highest BCUT2D eigenvalue weighted by molar-refractivity contribution is 5.89. The van der Waals surface area contributed by atoms with Gasteiger partial charge in [0.2, 0.25) is 0 Å². The summed E-state index contributed by atoms with van der Waals surface area (Å²) in [5, 5.41) is 9.72. The van der Waals surface area contributed by atoms with Crippen molar-refractivity contribution in [3.63, 3.8) is 0 Å². The number of hydrogen-bond donors (Lipinski definition) is 2. The molecule has 106 valence electrons.